The van der Waals surface area contributed by atoms with Crippen molar-refractivity contribution in [3.8, 4) is 5.75 Å². The number of Topliss-reactive ketones (excluding diaryl/α,β-unsaturated/α-hetero) is 1. The monoisotopic (exact) mass is 588 g/mol. The van der Waals surface area contributed by atoms with Gasteiger partial charge in [-0.05, 0) is 55.2 Å². The number of unbranched alkanes of at least 4 members (excludes halogenated alkanes) is 9. The first kappa shape index (κ1) is 34.8. The zero-order valence-electron chi connectivity index (χ0n) is 24.7. The predicted octanol–water partition coefficient (Wildman–Crippen LogP) is 9.69. The molecule has 0 heterocycles. The van der Waals surface area contributed by atoms with Gasteiger partial charge in [0, 0.05) is 18.1 Å². The van der Waals surface area contributed by atoms with Crippen molar-refractivity contribution in [1.82, 2.24) is 0 Å². The van der Waals surface area contributed by atoms with E-state index in [0.29, 0.717) is 30.4 Å². The molecule has 0 aliphatic rings. The quantitative estimate of drug-likeness (QED) is 0.0537. The molecule has 2 aromatic carbocycles. The summed E-state index contributed by atoms with van der Waals surface area (Å²) in [4.78, 5) is 36.9. The maximum Gasteiger partial charge on any atom is 0.425 e. The first-order valence-corrected chi connectivity index (χ1v) is 15.0. The molecule has 42 heavy (non-hydrogen) atoms. The summed E-state index contributed by atoms with van der Waals surface area (Å²) < 4.78 is 49.9. The molecule has 0 spiro atoms. The van der Waals surface area contributed by atoms with E-state index in [1.54, 1.807) is 30.3 Å². The zero-order valence-corrected chi connectivity index (χ0v) is 24.7. The normalized spacial score (nSPS) is 12.3. The third kappa shape index (κ3) is 13.5. The van der Waals surface area contributed by atoms with Gasteiger partial charge in [-0.3, -0.25) is 4.79 Å². The van der Waals surface area contributed by atoms with Crippen molar-refractivity contribution < 1.29 is 37.0 Å². The van der Waals surface area contributed by atoms with Gasteiger partial charge in [0.1, 0.15) is 5.75 Å². The molecule has 1 atom stereocenters. The second-order valence-corrected chi connectivity index (χ2v) is 10.5. The summed E-state index contributed by atoms with van der Waals surface area (Å²) in [5, 5.41) is 0. The highest BCUT2D eigenvalue weighted by Gasteiger charge is 2.42. The van der Waals surface area contributed by atoms with Crippen molar-refractivity contribution >= 4 is 23.8 Å². The lowest BCUT2D eigenvalue weighted by molar-refractivity contribution is -0.206. The van der Waals surface area contributed by atoms with E-state index in [9.17, 15) is 27.6 Å². The van der Waals surface area contributed by atoms with Crippen molar-refractivity contribution in [2.45, 2.75) is 110 Å². The van der Waals surface area contributed by atoms with Crippen LogP contribution in [0.5, 0.6) is 5.75 Å². The van der Waals surface area contributed by atoms with Gasteiger partial charge in [0.25, 0.3) is 0 Å². The number of hydrogen-bond donors (Lipinski definition) is 0. The molecular formula is C34H43F3O5. The number of halogens is 3. The molecule has 230 valence electrons. The number of benzene rings is 2. The number of carbonyl (C=O) groups is 3. The molecule has 0 radical (unpaired) electrons. The first-order chi connectivity index (χ1) is 20.1. The Labute approximate surface area is 247 Å². The van der Waals surface area contributed by atoms with E-state index in [1.165, 1.54) is 56.0 Å². The number of ether oxygens (including phenoxy) is 2. The van der Waals surface area contributed by atoms with Gasteiger partial charge in [0.05, 0.1) is 5.56 Å². The molecule has 0 aliphatic carbocycles. The Kier molecular flexibility index (Phi) is 15.7. The molecule has 2 rings (SSSR count). The Bertz CT molecular complexity index is 1120. The maximum absolute atomic E-state index is 13.3. The molecule has 0 saturated heterocycles. The van der Waals surface area contributed by atoms with Crippen LogP contribution in [0.1, 0.15) is 124 Å². The second kappa shape index (κ2) is 18.9. The van der Waals surface area contributed by atoms with Gasteiger partial charge in [-0.1, -0.05) is 95.9 Å². The van der Waals surface area contributed by atoms with Crippen LogP contribution in [0.2, 0.25) is 0 Å². The van der Waals surface area contributed by atoms with Crippen LogP contribution in [0, 0.1) is 0 Å². The van der Waals surface area contributed by atoms with E-state index in [-0.39, 0.29) is 23.5 Å². The van der Waals surface area contributed by atoms with Crippen molar-refractivity contribution in [2.75, 3.05) is 0 Å². The van der Waals surface area contributed by atoms with Crippen LogP contribution < -0.4 is 4.74 Å². The SMILES string of the molecule is CCCCCCCCCC(=O)c1ccc(/C=C/C(=O)Oc2ccc(C(=O)O[C@H](CCCCCC)C(F)(F)F)cc2)cc1. The topological polar surface area (TPSA) is 69.7 Å². The number of hydrogen-bond acceptors (Lipinski definition) is 5. The third-order valence-corrected chi connectivity index (χ3v) is 6.89. The summed E-state index contributed by atoms with van der Waals surface area (Å²) in [6.07, 6.45) is 6.92. The minimum absolute atomic E-state index is 0.0743. The molecular weight excluding hydrogens is 545 g/mol. The van der Waals surface area contributed by atoms with Crippen LogP contribution in [0.3, 0.4) is 0 Å². The first-order valence-electron chi connectivity index (χ1n) is 15.0. The van der Waals surface area contributed by atoms with Crippen LogP contribution >= 0.6 is 0 Å². The third-order valence-electron chi connectivity index (χ3n) is 6.89. The molecule has 0 saturated carbocycles. The van der Waals surface area contributed by atoms with Crippen molar-refractivity contribution in [1.29, 1.82) is 0 Å². The number of rotatable bonds is 19. The molecule has 0 aliphatic heterocycles. The average Bonchev–Trinajstić information content (AvgIpc) is 2.97. The largest absolute Gasteiger partial charge is 0.449 e. The molecule has 0 bridgehead atoms. The van der Waals surface area contributed by atoms with Crippen LogP contribution in [0.25, 0.3) is 6.08 Å². The lowest BCUT2D eigenvalue weighted by Gasteiger charge is -2.20. The Balaban J connectivity index is 1.81. The molecule has 0 fully saturated rings. The van der Waals surface area contributed by atoms with Crippen molar-refractivity contribution in [3.05, 3.63) is 71.3 Å². The molecule has 0 N–H and O–H groups in total. The highest BCUT2D eigenvalue weighted by atomic mass is 19.4. The highest BCUT2D eigenvalue weighted by molar-refractivity contribution is 5.96. The van der Waals surface area contributed by atoms with Crippen LogP contribution in [-0.2, 0) is 9.53 Å². The Morgan fingerprint density at radius 3 is 1.88 bits per heavy atom. The molecule has 2 aromatic rings. The van der Waals surface area contributed by atoms with E-state index in [1.807, 2.05) is 6.92 Å². The molecule has 0 aromatic heterocycles. The van der Waals surface area contributed by atoms with Gasteiger partial charge < -0.3 is 9.47 Å². The molecule has 0 amide bonds. The Hall–Kier alpha value is -3.42. The van der Waals surface area contributed by atoms with Gasteiger partial charge in [-0.25, -0.2) is 9.59 Å². The summed E-state index contributed by atoms with van der Waals surface area (Å²) in [5.41, 5.74) is 1.28. The standard InChI is InChI=1S/C34H43F3O5/c1-3-5-7-9-10-11-12-14-30(38)27-19-16-26(17-20-27)18-25-32(39)41-29-23-21-28(22-24-29)33(40)42-31(34(35,36)37)15-13-8-6-4-2/h16-25,31H,3-15H2,1-2H3/b25-18+/t31-/m1/s1. The lowest BCUT2D eigenvalue weighted by atomic mass is 10.0. The number of esters is 2. The van der Waals surface area contributed by atoms with E-state index in [2.05, 4.69) is 6.92 Å². The summed E-state index contributed by atoms with van der Waals surface area (Å²) in [6.45, 7) is 4.15. The van der Waals surface area contributed by atoms with Crippen molar-refractivity contribution in [3.63, 3.8) is 0 Å². The van der Waals surface area contributed by atoms with Gasteiger partial charge in [-0.15, -0.1) is 0 Å². The summed E-state index contributed by atoms with van der Waals surface area (Å²) in [7, 11) is 0. The van der Waals surface area contributed by atoms with E-state index >= 15 is 0 Å². The predicted molar refractivity (Wildman–Crippen MR) is 159 cm³/mol. The average molecular weight is 589 g/mol. The number of carbonyl (C=O) groups excluding carboxylic acids is 3. The van der Waals surface area contributed by atoms with Gasteiger partial charge >= 0.3 is 18.1 Å². The maximum atomic E-state index is 13.3. The summed E-state index contributed by atoms with van der Waals surface area (Å²) >= 11 is 0. The molecule has 0 unspecified atom stereocenters. The molecule has 8 heteroatoms. The molecule has 5 nitrogen and oxygen atoms in total. The highest BCUT2D eigenvalue weighted by Crippen LogP contribution is 2.28. The minimum atomic E-state index is -4.65. The summed E-state index contributed by atoms with van der Waals surface area (Å²) in [6, 6.07) is 12.1. The minimum Gasteiger partial charge on any atom is -0.449 e. The number of alkyl halides is 3. The zero-order chi connectivity index (χ0) is 30.8. The summed E-state index contributed by atoms with van der Waals surface area (Å²) in [5.74, 6) is -1.53. The fraction of sp³-hybridized carbons (Fsp3) is 0.500. The van der Waals surface area contributed by atoms with Crippen LogP contribution in [0.15, 0.2) is 54.6 Å². The lowest BCUT2D eigenvalue weighted by Crippen LogP contribution is -2.33. The van der Waals surface area contributed by atoms with Gasteiger partial charge in [0.2, 0.25) is 0 Å². The smallest absolute Gasteiger partial charge is 0.425 e. The fourth-order valence-electron chi connectivity index (χ4n) is 4.38. The van der Waals surface area contributed by atoms with Crippen LogP contribution in [0.4, 0.5) is 13.2 Å². The van der Waals surface area contributed by atoms with E-state index in [4.69, 9.17) is 9.47 Å². The van der Waals surface area contributed by atoms with Gasteiger partial charge in [0.15, 0.2) is 11.9 Å². The van der Waals surface area contributed by atoms with E-state index < -0.39 is 24.2 Å². The second-order valence-electron chi connectivity index (χ2n) is 10.5. The number of ketones is 1. The van der Waals surface area contributed by atoms with Crippen molar-refractivity contribution in [2.24, 2.45) is 0 Å². The Morgan fingerprint density at radius 1 is 0.738 bits per heavy atom. The Morgan fingerprint density at radius 2 is 1.29 bits per heavy atom. The van der Waals surface area contributed by atoms with Gasteiger partial charge in [-0.2, -0.15) is 13.2 Å². The van der Waals surface area contributed by atoms with Crippen LogP contribution in [-0.4, -0.2) is 30.0 Å². The fourth-order valence-corrected chi connectivity index (χ4v) is 4.38. The van der Waals surface area contributed by atoms with E-state index in [0.717, 1.165) is 32.1 Å².